The summed E-state index contributed by atoms with van der Waals surface area (Å²) in [4.78, 5) is 2.26. The molecule has 0 saturated heterocycles. The van der Waals surface area contributed by atoms with Crippen molar-refractivity contribution in [3.8, 4) is 12.1 Å². The highest BCUT2D eigenvalue weighted by molar-refractivity contribution is 5.49. The van der Waals surface area contributed by atoms with Gasteiger partial charge in [0.2, 0.25) is 0 Å². The molecule has 102 valence electrons. The minimum absolute atomic E-state index is 0.218. The maximum atomic E-state index is 8.94. The third-order valence-electron chi connectivity index (χ3n) is 3.41. The Morgan fingerprint density at radius 2 is 1.50 bits per heavy atom. The molecule has 0 unspecified atom stereocenters. The lowest BCUT2D eigenvalue weighted by molar-refractivity contribution is 0.594. The molecule has 1 heterocycles. The molecule has 0 aliphatic carbocycles. The first-order valence-electron chi connectivity index (χ1n) is 6.65. The highest BCUT2D eigenvalue weighted by atomic mass is 15.2. The number of nitrogens with one attached hydrogen (secondary N) is 2. The summed E-state index contributed by atoms with van der Waals surface area (Å²) < 4.78 is 0. The van der Waals surface area contributed by atoms with E-state index in [9.17, 15) is 0 Å². The van der Waals surface area contributed by atoms with Crippen molar-refractivity contribution in [2.45, 2.75) is 20.0 Å². The van der Waals surface area contributed by atoms with Gasteiger partial charge in [-0.2, -0.15) is 10.5 Å². The van der Waals surface area contributed by atoms with Gasteiger partial charge in [0.05, 0.1) is 0 Å². The number of nitrogens with zero attached hydrogens (tertiary/aromatic N) is 3. The molecule has 1 aliphatic heterocycles. The van der Waals surface area contributed by atoms with Crippen molar-refractivity contribution in [1.82, 2.24) is 10.6 Å². The molecule has 0 atom stereocenters. The average Bonchev–Trinajstić information content (AvgIpc) is 2.92. The monoisotopic (exact) mass is 267 g/mol. The maximum absolute atomic E-state index is 8.94. The third-order valence-corrected chi connectivity index (χ3v) is 3.41. The second-order valence-corrected chi connectivity index (χ2v) is 4.46. The van der Waals surface area contributed by atoms with Crippen LogP contribution in [0, 0.1) is 22.7 Å². The van der Waals surface area contributed by atoms with Crippen LogP contribution in [-0.4, -0.2) is 13.1 Å². The van der Waals surface area contributed by atoms with Crippen molar-refractivity contribution < 1.29 is 0 Å². The fraction of sp³-hybridized carbons (Fsp3) is 0.333. The average molecular weight is 267 g/mol. The molecule has 2 rings (SSSR count). The fourth-order valence-corrected chi connectivity index (χ4v) is 2.28. The topological polar surface area (TPSA) is 74.9 Å². The summed E-state index contributed by atoms with van der Waals surface area (Å²) in [6.45, 7) is 6.18. The van der Waals surface area contributed by atoms with Crippen LogP contribution in [0.2, 0.25) is 0 Å². The number of benzene rings is 1. The smallest absolute Gasteiger partial charge is 0.150 e. The van der Waals surface area contributed by atoms with Gasteiger partial charge in [0.25, 0.3) is 0 Å². The second-order valence-electron chi connectivity index (χ2n) is 4.46. The van der Waals surface area contributed by atoms with Crippen molar-refractivity contribution in [1.29, 1.82) is 10.5 Å². The zero-order valence-electron chi connectivity index (χ0n) is 11.6. The quantitative estimate of drug-likeness (QED) is 0.872. The summed E-state index contributed by atoms with van der Waals surface area (Å²) >= 11 is 0. The van der Waals surface area contributed by atoms with E-state index in [0.717, 1.165) is 18.7 Å². The predicted octanol–water partition coefficient (Wildman–Crippen LogP) is 1.98. The van der Waals surface area contributed by atoms with Crippen LogP contribution in [0.3, 0.4) is 0 Å². The van der Waals surface area contributed by atoms with Crippen molar-refractivity contribution in [3.05, 3.63) is 41.2 Å². The Labute approximate surface area is 119 Å². The first-order valence-corrected chi connectivity index (χ1v) is 6.65. The molecule has 0 amide bonds. The van der Waals surface area contributed by atoms with Gasteiger partial charge in [-0.15, -0.1) is 0 Å². The van der Waals surface area contributed by atoms with Crippen molar-refractivity contribution in [2.24, 2.45) is 0 Å². The molecule has 2 N–H and O–H groups in total. The zero-order chi connectivity index (χ0) is 14.5. The van der Waals surface area contributed by atoms with E-state index >= 15 is 0 Å². The molecular weight excluding hydrogens is 250 g/mol. The maximum Gasteiger partial charge on any atom is 0.150 e. The van der Waals surface area contributed by atoms with E-state index in [0.29, 0.717) is 11.4 Å². The van der Waals surface area contributed by atoms with Crippen LogP contribution in [0.15, 0.2) is 35.7 Å². The van der Waals surface area contributed by atoms with Crippen LogP contribution in [-0.2, 0) is 0 Å². The molecule has 0 aromatic heterocycles. The zero-order valence-corrected chi connectivity index (χ0v) is 11.6. The third kappa shape index (κ3) is 2.53. The number of allylic oxidation sites excluding steroid dienone is 2. The molecule has 1 aliphatic rings. The Morgan fingerprint density at radius 3 is 1.90 bits per heavy atom. The number of hydrogen-bond donors (Lipinski definition) is 2. The number of hydrogen-bond acceptors (Lipinski definition) is 5. The van der Waals surface area contributed by atoms with E-state index in [1.807, 2.05) is 24.3 Å². The predicted molar refractivity (Wildman–Crippen MR) is 77.3 cm³/mol. The van der Waals surface area contributed by atoms with Gasteiger partial charge in [0.15, 0.2) is 0 Å². The highest BCUT2D eigenvalue weighted by Gasteiger charge is 2.23. The van der Waals surface area contributed by atoms with Crippen LogP contribution in [0.25, 0.3) is 0 Å². The SMILES string of the molecule is CCN(CC)c1ccc(C2NC(C#N)=C(C#N)N2)cc1. The number of nitriles is 2. The van der Waals surface area contributed by atoms with Crippen molar-refractivity contribution in [2.75, 3.05) is 18.0 Å². The summed E-state index contributed by atoms with van der Waals surface area (Å²) in [6.07, 6.45) is -0.218. The second kappa shape index (κ2) is 5.99. The normalized spacial score (nSPS) is 14.2. The molecular formula is C15H17N5. The van der Waals surface area contributed by atoms with Gasteiger partial charge in [0.1, 0.15) is 29.7 Å². The molecule has 1 aromatic carbocycles. The Balaban J connectivity index is 2.14. The standard InChI is InChI=1S/C15H17N5/c1-3-20(4-2)12-7-5-11(6-8-12)15-18-13(9-16)14(10-17)19-15/h5-8,15,18-19H,3-4H2,1-2H3. The first-order chi connectivity index (χ1) is 9.73. The largest absolute Gasteiger partial charge is 0.372 e. The Kier molecular flexibility index (Phi) is 4.12. The molecule has 20 heavy (non-hydrogen) atoms. The summed E-state index contributed by atoms with van der Waals surface area (Å²) in [5, 5.41) is 23.9. The van der Waals surface area contributed by atoms with E-state index in [1.54, 1.807) is 0 Å². The van der Waals surface area contributed by atoms with Gasteiger partial charge in [-0.25, -0.2) is 0 Å². The molecule has 0 radical (unpaired) electrons. The first kappa shape index (κ1) is 13.8. The molecule has 1 aromatic rings. The van der Waals surface area contributed by atoms with Gasteiger partial charge in [-0.1, -0.05) is 12.1 Å². The summed E-state index contributed by atoms with van der Waals surface area (Å²) in [6, 6.07) is 12.1. The minimum atomic E-state index is -0.218. The van der Waals surface area contributed by atoms with Crippen molar-refractivity contribution in [3.63, 3.8) is 0 Å². The Hall–Kier alpha value is -2.66. The molecule has 0 saturated carbocycles. The lowest BCUT2D eigenvalue weighted by atomic mass is 10.1. The van der Waals surface area contributed by atoms with E-state index in [1.165, 1.54) is 5.69 Å². The lowest BCUT2D eigenvalue weighted by Gasteiger charge is -2.22. The van der Waals surface area contributed by atoms with Crippen LogP contribution in [0.5, 0.6) is 0 Å². The summed E-state index contributed by atoms with van der Waals surface area (Å²) in [7, 11) is 0. The van der Waals surface area contributed by atoms with Gasteiger partial charge in [-0.3, -0.25) is 0 Å². The molecule has 5 heteroatoms. The van der Waals surface area contributed by atoms with Crippen LogP contribution in [0.1, 0.15) is 25.6 Å². The van der Waals surface area contributed by atoms with E-state index in [4.69, 9.17) is 10.5 Å². The number of rotatable bonds is 4. The Bertz CT molecular complexity index is 558. The van der Waals surface area contributed by atoms with Crippen LogP contribution < -0.4 is 15.5 Å². The summed E-state index contributed by atoms with van der Waals surface area (Å²) in [5.74, 6) is 0. The van der Waals surface area contributed by atoms with Gasteiger partial charge in [0, 0.05) is 18.8 Å². The molecule has 0 bridgehead atoms. The molecule has 5 nitrogen and oxygen atoms in total. The van der Waals surface area contributed by atoms with Gasteiger partial charge < -0.3 is 15.5 Å². The van der Waals surface area contributed by atoms with Gasteiger partial charge in [-0.05, 0) is 31.5 Å². The summed E-state index contributed by atoms with van der Waals surface area (Å²) in [5.41, 5.74) is 2.76. The number of anilines is 1. The van der Waals surface area contributed by atoms with Gasteiger partial charge >= 0.3 is 0 Å². The molecule has 0 fully saturated rings. The minimum Gasteiger partial charge on any atom is -0.372 e. The van der Waals surface area contributed by atoms with Crippen LogP contribution >= 0.6 is 0 Å². The Morgan fingerprint density at radius 1 is 1.00 bits per heavy atom. The van der Waals surface area contributed by atoms with E-state index in [2.05, 4.69) is 41.5 Å². The fourth-order valence-electron chi connectivity index (χ4n) is 2.28. The lowest BCUT2D eigenvalue weighted by Crippen LogP contribution is -2.24. The molecule has 0 spiro atoms. The van der Waals surface area contributed by atoms with Crippen LogP contribution in [0.4, 0.5) is 5.69 Å². The van der Waals surface area contributed by atoms with Crippen molar-refractivity contribution >= 4 is 5.69 Å². The van der Waals surface area contributed by atoms with E-state index < -0.39 is 0 Å². The van der Waals surface area contributed by atoms with E-state index in [-0.39, 0.29) is 6.17 Å². The highest BCUT2D eigenvalue weighted by Crippen LogP contribution is 2.22.